The van der Waals surface area contributed by atoms with Gasteiger partial charge in [-0.05, 0) is 140 Å². The molecule has 0 heterocycles. The first-order valence-electron chi connectivity index (χ1n) is 32.2. The van der Waals surface area contributed by atoms with E-state index in [4.69, 9.17) is 37.0 Å². The molecule has 4 rings (SSSR count). The largest absolute Gasteiger partial charge is 0.500 e. The van der Waals surface area contributed by atoms with E-state index >= 15 is 0 Å². The summed E-state index contributed by atoms with van der Waals surface area (Å²) < 4.78 is 51.5. The maximum atomic E-state index is 6.80. The average Bonchev–Trinajstić information content (AvgIpc) is 3.45. The quantitative estimate of drug-likeness (QED) is 0.0186. The fraction of sp³-hybridized carbons (Fsp3) is 0.731. The second-order valence-corrected chi connectivity index (χ2v) is 25.4. The van der Waals surface area contributed by atoms with E-state index in [1.54, 1.807) is 0 Å². The second kappa shape index (κ2) is 42.0. The zero-order chi connectivity index (χ0) is 55.0. The summed E-state index contributed by atoms with van der Waals surface area (Å²) >= 11 is 1.97. The summed E-state index contributed by atoms with van der Waals surface area (Å²) in [5, 5.41) is 7.03. The molecule has 0 unspecified atom stereocenters. The van der Waals surface area contributed by atoms with Crippen molar-refractivity contribution >= 4 is 52.9 Å². The number of unbranched alkanes of at least 4 members (excludes halogenated alkanes) is 25. The summed E-state index contributed by atoms with van der Waals surface area (Å²) in [6.07, 6.45) is 37.9. The molecule has 4 aromatic rings. The first-order valence-corrected chi connectivity index (χ1v) is 35.1. The molecule has 0 amide bonds. The average molecular weight is 1110 g/mol. The number of fused-ring (bicyclic) bond motifs is 6. The summed E-state index contributed by atoms with van der Waals surface area (Å²) in [5.74, 6) is 5.39. The molecule has 8 nitrogen and oxygen atoms in total. The van der Waals surface area contributed by atoms with Gasteiger partial charge in [0.15, 0.2) is 23.0 Å². The molecule has 0 spiro atoms. The van der Waals surface area contributed by atoms with Gasteiger partial charge >= 0.3 is 8.80 Å². The fourth-order valence-corrected chi connectivity index (χ4v) is 14.2. The molecule has 0 saturated carbocycles. The van der Waals surface area contributed by atoms with Crippen LogP contribution in [0.25, 0.3) is 32.3 Å². The van der Waals surface area contributed by atoms with Gasteiger partial charge in [-0.25, -0.2) is 0 Å². The Balaban J connectivity index is 1.44. The second-order valence-electron chi connectivity index (χ2n) is 21.5. The third-order valence-corrected chi connectivity index (χ3v) is 19.2. The van der Waals surface area contributed by atoms with Gasteiger partial charge in [0.2, 0.25) is 0 Å². The molecule has 0 N–H and O–H groups in total. The van der Waals surface area contributed by atoms with Gasteiger partial charge in [0.05, 0.1) is 37.9 Å². The van der Waals surface area contributed by atoms with Crippen molar-refractivity contribution in [3.05, 3.63) is 36.4 Å². The van der Waals surface area contributed by atoms with E-state index < -0.39 is 8.80 Å². The van der Waals surface area contributed by atoms with Gasteiger partial charge in [-0.15, -0.1) is 11.8 Å². The first-order chi connectivity index (χ1) is 37.9. The highest BCUT2D eigenvalue weighted by Crippen LogP contribution is 2.47. The van der Waals surface area contributed by atoms with E-state index in [9.17, 15) is 0 Å². The van der Waals surface area contributed by atoms with Crippen LogP contribution in [0.15, 0.2) is 41.3 Å². The highest BCUT2D eigenvalue weighted by molar-refractivity contribution is 7.99. The minimum atomic E-state index is -2.48. The maximum absolute atomic E-state index is 6.80. The van der Waals surface area contributed by atoms with Gasteiger partial charge in [0.25, 0.3) is 0 Å². The Kier molecular flexibility index (Phi) is 36.4. The lowest BCUT2D eigenvalue weighted by atomic mass is 9.93. The molecule has 0 aliphatic carbocycles. The standard InChI is InChI=1S/C67H112O8SSi/c1-9-17-36-43-68-62-50-56-57-51-63(69-44-37-18-10-2)65(71-46-39-20-12-4)53-59(57)61-55-67(66(72-47-40-21-13-5)54-60(61)58(56)52-64(62)70-45-38-19-11-3)76-48-41-34-32-30-28-26-24-22-23-25-27-29-31-33-35-42-49-77(73-14-6,74-15-7)75-16-8/h50-55H,9-49H2,1-8H3. The van der Waals surface area contributed by atoms with Crippen molar-refractivity contribution in [3.63, 3.8) is 0 Å². The summed E-state index contributed by atoms with van der Waals surface area (Å²) in [6.45, 7) is 22.8. The molecule has 0 bridgehead atoms. The predicted molar refractivity (Wildman–Crippen MR) is 334 cm³/mol. The number of benzene rings is 4. The van der Waals surface area contributed by atoms with Crippen LogP contribution in [0.5, 0.6) is 28.7 Å². The van der Waals surface area contributed by atoms with E-state index in [0.717, 1.165) is 153 Å². The Bertz CT molecular complexity index is 2060. The zero-order valence-corrected chi connectivity index (χ0v) is 52.4. The molecule has 77 heavy (non-hydrogen) atoms. The van der Waals surface area contributed by atoms with Gasteiger partial charge < -0.3 is 37.0 Å². The molecule has 0 aliphatic heterocycles. The van der Waals surface area contributed by atoms with Crippen LogP contribution in [-0.2, 0) is 13.3 Å². The molecule has 0 aromatic heterocycles. The number of rotatable bonds is 51. The van der Waals surface area contributed by atoms with E-state index in [1.807, 2.05) is 32.5 Å². The van der Waals surface area contributed by atoms with E-state index in [-0.39, 0.29) is 0 Å². The summed E-state index contributed by atoms with van der Waals surface area (Å²) in [6, 6.07) is 14.8. The van der Waals surface area contributed by atoms with Crippen LogP contribution in [0, 0.1) is 0 Å². The highest BCUT2D eigenvalue weighted by Gasteiger charge is 2.39. The van der Waals surface area contributed by atoms with Crippen LogP contribution in [0.4, 0.5) is 0 Å². The monoisotopic (exact) mass is 1100 g/mol. The molecule has 0 aliphatic rings. The molecule has 0 saturated heterocycles. The minimum Gasteiger partial charge on any atom is -0.492 e. The molecule has 438 valence electrons. The van der Waals surface area contributed by atoms with E-state index in [0.29, 0.717) is 46.2 Å². The molecule has 10 heteroatoms. The van der Waals surface area contributed by atoms with Crippen LogP contribution in [0.3, 0.4) is 0 Å². The molecule has 0 fully saturated rings. The van der Waals surface area contributed by atoms with Crippen molar-refractivity contribution < 1.29 is 37.0 Å². The SMILES string of the molecule is CCCCCOc1cc2c3cc(OCCCCC)c(OCCCCC)cc3c3cc(SCCCCCCCCCCCCCCCCCC[Si](OCC)(OCC)OCC)c(OCCCCC)cc3c2cc1OCCCCC. The minimum absolute atomic E-state index is 0.665. The van der Waals surface area contributed by atoms with E-state index in [2.05, 4.69) is 71.0 Å². The smallest absolute Gasteiger partial charge is 0.492 e. The lowest BCUT2D eigenvalue weighted by molar-refractivity contribution is 0.0706. The molecular weight excluding hydrogens is 993 g/mol. The molecular formula is C67H112O8SSi. The molecule has 0 radical (unpaired) electrons. The highest BCUT2D eigenvalue weighted by atomic mass is 32.2. The lowest BCUT2D eigenvalue weighted by Gasteiger charge is -2.28. The fourth-order valence-electron chi connectivity index (χ4n) is 10.5. The molecule has 0 atom stereocenters. The summed E-state index contributed by atoms with van der Waals surface area (Å²) in [4.78, 5) is 1.23. The summed E-state index contributed by atoms with van der Waals surface area (Å²) in [7, 11) is -2.48. The topological polar surface area (TPSA) is 73.8 Å². The Hall–Kier alpha value is -2.89. The van der Waals surface area contributed by atoms with E-state index in [1.165, 1.54) is 130 Å². The van der Waals surface area contributed by atoms with Crippen LogP contribution >= 0.6 is 11.8 Å². The summed E-state index contributed by atoms with van der Waals surface area (Å²) in [5.41, 5.74) is 0. The predicted octanol–water partition coefficient (Wildman–Crippen LogP) is 21.4. The third-order valence-electron chi connectivity index (χ3n) is 14.9. The zero-order valence-electron chi connectivity index (χ0n) is 50.6. The van der Waals surface area contributed by atoms with Crippen molar-refractivity contribution in [1.29, 1.82) is 0 Å². The first kappa shape index (κ1) is 66.6. The van der Waals surface area contributed by atoms with Gasteiger partial charge in [0, 0.05) is 25.9 Å². The van der Waals surface area contributed by atoms with Gasteiger partial charge in [-0.2, -0.15) is 0 Å². The van der Waals surface area contributed by atoms with Crippen LogP contribution in [-0.4, -0.2) is 67.4 Å². The Morgan fingerprint density at radius 1 is 0.286 bits per heavy atom. The Morgan fingerprint density at radius 3 is 0.844 bits per heavy atom. The number of thioether (sulfide) groups is 1. The normalized spacial score (nSPS) is 11.9. The van der Waals surface area contributed by atoms with Crippen molar-refractivity contribution in [3.8, 4) is 28.7 Å². The van der Waals surface area contributed by atoms with Crippen molar-refractivity contribution in [1.82, 2.24) is 0 Å². The Labute approximate surface area is 476 Å². The lowest BCUT2D eigenvalue weighted by Crippen LogP contribution is -2.45. The van der Waals surface area contributed by atoms with Crippen LogP contribution in [0.2, 0.25) is 6.04 Å². The van der Waals surface area contributed by atoms with Crippen LogP contribution < -0.4 is 23.7 Å². The third kappa shape index (κ3) is 24.8. The number of ether oxygens (including phenoxy) is 5. The van der Waals surface area contributed by atoms with Gasteiger partial charge in [-0.3, -0.25) is 0 Å². The number of hydrogen-bond acceptors (Lipinski definition) is 9. The van der Waals surface area contributed by atoms with Crippen molar-refractivity contribution in [2.24, 2.45) is 0 Å². The van der Waals surface area contributed by atoms with Gasteiger partial charge in [0.1, 0.15) is 5.75 Å². The van der Waals surface area contributed by atoms with Crippen molar-refractivity contribution in [2.75, 3.05) is 58.6 Å². The van der Waals surface area contributed by atoms with Crippen LogP contribution in [0.1, 0.15) is 254 Å². The number of hydrogen-bond donors (Lipinski definition) is 0. The van der Waals surface area contributed by atoms with Gasteiger partial charge in [-0.1, -0.05) is 189 Å². The Morgan fingerprint density at radius 2 is 0.545 bits per heavy atom. The maximum Gasteiger partial charge on any atom is 0.500 e. The molecule has 4 aromatic carbocycles. The van der Waals surface area contributed by atoms with Crippen molar-refractivity contribution in [2.45, 2.75) is 265 Å².